The molecule has 2 aromatic rings. The second-order valence-corrected chi connectivity index (χ2v) is 6.36. The number of hydrogen-bond donors (Lipinski definition) is 1. The van der Waals surface area contributed by atoms with Crippen LogP contribution in [0.1, 0.15) is 37.1 Å². The number of amides is 1. The first-order valence-corrected chi connectivity index (χ1v) is 8.73. The van der Waals surface area contributed by atoms with E-state index >= 15 is 0 Å². The van der Waals surface area contributed by atoms with Crippen molar-refractivity contribution in [3.8, 4) is 11.5 Å². The van der Waals surface area contributed by atoms with Crippen molar-refractivity contribution in [2.75, 3.05) is 27.8 Å². The Balaban J connectivity index is 2.00. The molecule has 2 aromatic carbocycles. The van der Waals surface area contributed by atoms with Gasteiger partial charge in [-0.15, -0.1) is 0 Å². The Morgan fingerprint density at radius 3 is 2.04 bits per heavy atom. The van der Waals surface area contributed by atoms with Gasteiger partial charge in [0.05, 0.1) is 26.8 Å². The number of likely N-dealkylation sites (N-methyl/N-ethyl adjacent to an activating group) is 1. The lowest BCUT2D eigenvalue weighted by molar-refractivity contribution is -0.123. The predicted molar refractivity (Wildman–Crippen MR) is 104 cm³/mol. The number of benzene rings is 2. The van der Waals surface area contributed by atoms with Crippen LogP contribution in [0.5, 0.6) is 11.5 Å². The molecule has 2 rings (SSSR count). The molecule has 5 nitrogen and oxygen atoms in total. The molecule has 0 radical (unpaired) electrons. The molecule has 5 heteroatoms. The van der Waals surface area contributed by atoms with Gasteiger partial charge < -0.3 is 14.8 Å². The van der Waals surface area contributed by atoms with Crippen molar-refractivity contribution in [1.82, 2.24) is 10.2 Å². The molecule has 0 aliphatic carbocycles. The highest BCUT2D eigenvalue weighted by Gasteiger charge is 2.20. The molecule has 0 aliphatic heterocycles. The van der Waals surface area contributed by atoms with Crippen molar-refractivity contribution < 1.29 is 14.3 Å². The normalized spacial score (nSPS) is 13.2. The van der Waals surface area contributed by atoms with Crippen molar-refractivity contribution in [2.45, 2.75) is 25.9 Å². The highest BCUT2D eigenvalue weighted by Crippen LogP contribution is 2.28. The molecule has 1 amide bonds. The Labute approximate surface area is 155 Å². The minimum atomic E-state index is -0.131. The van der Waals surface area contributed by atoms with Crippen LogP contribution in [0.4, 0.5) is 0 Å². The van der Waals surface area contributed by atoms with Gasteiger partial charge in [0, 0.05) is 17.2 Å². The molecule has 0 saturated carbocycles. The average Bonchev–Trinajstić information content (AvgIpc) is 2.66. The molecule has 140 valence electrons. The molecule has 0 spiro atoms. The van der Waals surface area contributed by atoms with Gasteiger partial charge >= 0.3 is 0 Å². The van der Waals surface area contributed by atoms with Crippen LogP contribution < -0.4 is 14.8 Å². The summed E-state index contributed by atoms with van der Waals surface area (Å²) in [6.07, 6.45) is 0. The number of para-hydroxylation sites is 2. The summed E-state index contributed by atoms with van der Waals surface area (Å²) in [6.45, 7) is 4.31. The zero-order chi connectivity index (χ0) is 19.1. The summed E-state index contributed by atoms with van der Waals surface area (Å²) in [7, 11) is 5.23. The summed E-state index contributed by atoms with van der Waals surface area (Å²) in [4.78, 5) is 14.5. The number of methoxy groups -OCH3 is 2. The highest BCUT2D eigenvalue weighted by atomic mass is 16.5. The smallest absolute Gasteiger partial charge is 0.234 e. The second kappa shape index (κ2) is 9.25. The summed E-state index contributed by atoms with van der Waals surface area (Å²) in [5.74, 6) is 1.57. The van der Waals surface area contributed by atoms with Crippen LogP contribution in [0.2, 0.25) is 0 Å². The fourth-order valence-electron chi connectivity index (χ4n) is 3.00. The van der Waals surface area contributed by atoms with Gasteiger partial charge in [-0.2, -0.15) is 0 Å². The van der Waals surface area contributed by atoms with Crippen molar-refractivity contribution in [3.63, 3.8) is 0 Å². The number of hydrogen-bond acceptors (Lipinski definition) is 4. The summed E-state index contributed by atoms with van der Waals surface area (Å²) < 4.78 is 10.8. The number of carbonyl (C=O) groups excluding carboxylic acids is 1. The molecule has 0 bridgehead atoms. The van der Waals surface area contributed by atoms with Crippen molar-refractivity contribution in [3.05, 3.63) is 59.7 Å². The Morgan fingerprint density at radius 2 is 1.46 bits per heavy atom. The maximum absolute atomic E-state index is 12.5. The van der Waals surface area contributed by atoms with Crippen molar-refractivity contribution in [1.29, 1.82) is 0 Å². The third kappa shape index (κ3) is 4.76. The molecule has 0 saturated heterocycles. The maximum atomic E-state index is 12.5. The zero-order valence-corrected chi connectivity index (χ0v) is 16.2. The van der Waals surface area contributed by atoms with E-state index in [1.807, 2.05) is 67.4 Å². The lowest BCUT2D eigenvalue weighted by atomic mass is 10.1. The van der Waals surface area contributed by atoms with Gasteiger partial charge in [-0.3, -0.25) is 9.69 Å². The number of carbonyl (C=O) groups is 1. The molecule has 1 N–H and O–H groups in total. The van der Waals surface area contributed by atoms with Gasteiger partial charge in [-0.1, -0.05) is 36.4 Å². The van der Waals surface area contributed by atoms with E-state index in [4.69, 9.17) is 9.47 Å². The Bertz CT molecular complexity index is 733. The van der Waals surface area contributed by atoms with Crippen LogP contribution in [0.25, 0.3) is 0 Å². The van der Waals surface area contributed by atoms with E-state index in [1.54, 1.807) is 14.2 Å². The fourth-order valence-corrected chi connectivity index (χ4v) is 3.00. The third-order valence-corrected chi connectivity index (χ3v) is 4.63. The van der Waals surface area contributed by atoms with Crippen LogP contribution in [0, 0.1) is 0 Å². The highest BCUT2D eigenvalue weighted by molar-refractivity contribution is 5.78. The fraction of sp³-hybridized carbons (Fsp3) is 0.381. The van der Waals surface area contributed by atoms with Gasteiger partial charge in [-0.25, -0.2) is 0 Å². The van der Waals surface area contributed by atoms with Crippen molar-refractivity contribution >= 4 is 5.91 Å². The number of nitrogens with zero attached hydrogens (tertiary/aromatic N) is 1. The largest absolute Gasteiger partial charge is 0.496 e. The van der Waals surface area contributed by atoms with Gasteiger partial charge in [-0.05, 0) is 33.0 Å². The summed E-state index contributed by atoms with van der Waals surface area (Å²) >= 11 is 0. The summed E-state index contributed by atoms with van der Waals surface area (Å²) in [5.41, 5.74) is 2.02. The van der Waals surface area contributed by atoms with Crippen LogP contribution in [-0.4, -0.2) is 38.6 Å². The van der Waals surface area contributed by atoms with E-state index in [1.165, 1.54) is 0 Å². The van der Waals surface area contributed by atoms with Gasteiger partial charge in [0.15, 0.2) is 0 Å². The number of rotatable bonds is 8. The molecular weight excluding hydrogens is 328 g/mol. The molecule has 0 aliphatic rings. The minimum absolute atomic E-state index is 0.0346. The average molecular weight is 356 g/mol. The van der Waals surface area contributed by atoms with E-state index in [9.17, 15) is 4.79 Å². The molecule has 2 atom stereocenters. The SMILES string of the molecule is COc1ccccc1C(C)NC(=O)CN(C)C(C)c1ccccc1OC. The number of ether oxygens (including phenoxy) is 2. The minimum Gasteiger partial charge on any atom is -0.496 e. The lowest BCUT2D eigenvalue weighted by Gasteiger charge is -2.26. The molecule has 26 heavy (non-hydrogen) atoms. The van der Waals surface area contributed by atoms with Gasteiger partial charge in [0.2, 0.25) is 5.91 Å². The summed E-state index contributed by atoms with van der Waals surface area (Å²) in [6, 6.07) is 15.5. The number of nitrogens with one attached hydrogen (secondary N) is 1. The van der Waals surface area contributed by atoms with Crippen LogP contribution in [-0.2, 0) is 4.79 Å². The topological polar surface area (TPSA) is 50.8 Å². The van der Waals surface area contributed by atoms with E-state index in [0.717, 1.165) is 22.6 Å². The predicted octanol–water partition coefficient (Wildman–Crippen LogP) is 3.57. The van der Waals surface area contributed by atoms with Crippen LogP contribution in [0.3, 0.4) is 0 Å². The quantitative estimate of drug-likeness (QED) is 0.785. The van der Waals surface area contributed by atoms with E-state index in [0.29, 0.717) is 6.54 Å². The maximum Gasteiger partial charge on any atom is 0.234 e. The van der Waals surface area contributed by atoms with Gasteiger partial charge in [0.25, 0.3) is 0 Å². The summed E-state index contributed by atoms with van der Waals surface area (Å²) in [5, 5.41) is 3.04. The van der Waals surface area contributed by atoms with E-state index in [-0.39, 0.29) is 18.0 Å². The third-order valence-electron chi connectivity index (χ3n) is 4.63. The Kier molecular flexibility index (Phi) is 7.04. The standard InChI is InChI=1S/C21H28N2O3/c1-15(17-10-6-8-12-19(17)25-4)22-21(24)14-23(3)16(2)18-11-7-9-13-20(18)26-5/h6-13,15-16H,14H2,1-5H3,(H,22,24). The lowest BCUT2D eigenvalue weighted by Crippen LogP contribution is -2.37. The van der Waals surface area contributed by atoms with Crippen molar-refractivity contribution in [2.24, 2.45) is 0 Å². The molecule has 0 fully saturated rings. The first-order valence-electron chi connectivity index (χ1n) is 8.73. The Morgan fingerprint density at radius 1 is 0.962 bits per heavy atom. The second-order valence-electron chi connectivity index (χ2n) is 6.36. The first kappa shape index (κ1) is 19.8. The Hall–Kier alpha value is -2.53. The molecule has 0 heterocycles. The van der Waals surface area contributed by atoms with E-state index < -0.39 is 0 Å². The van der Waals surface area contributed by atoms with E-state index in [2.05, 4.69) is 12.2 Å². The molecule has 0 aromatic heterocycles. The van der Waals surface area contributed by atoms with Crippen LogP contribution in [0.15, 0.2) is 48.5 Å². The monoisotopic (exact) mass is 356 g/mol. The first-order chi connectivity index (χ1) is 12.5. The molecular formula is C21H28N2O3. The van der Waals surface area contributed by atoms with Crippen LogP contribution >= 0.6 is 0 Å². The molecule has 2 unspecified atom stereocenters. The zero-order valence-electron chi connectivity index (χ0n) is 16.2. The van der Waals surface area contributed by atoms with Gasteiger partial charge in [0.1, 0.15) is 11.5 Å².